The number of aromatic hydroxyl groups is 1. The number of pyridine rings is 1. The van der Waals surface area contributed by atoms with Crippen molar-refractivity contribution in [1.29, 1.82) is 0 Å². The van der Waals surface area contributed by atoms with Gasteiger partial charge in [-0.3, -0.25) is 4.98 Å². The summed E-state index contributed by atoms with van der Waals surface area (Å²) in [5.74, 6) is 0.296. The Kier molecular flexibility index (Phi) is 3.39. The first kappa shape index (κ1) is 15.1. The zero-order valence-corrected chi connectivity index (χ0v) is 13.5. The van der Waals surface area contributed by atoms with Gasteiger partial charge in [0.2, 0.25) is 0 Å². The number of phenolic OH excluding ortho intramolecular Hbond substituents is 1. The van der Waals surface area contributed by atoms with E-state index in [0.717, 1.165) is 10.8 Å². The summed E-state index contributed by atoms with van der Waals surface area (Å²) in [6, 6.07) is 4.93. The van der Waals surface area contributed by atoms with Gasteiger partial charge in [-0.2, -0.15) is 0 Å². The van der Waals surface area contributed by atoms with Gasteiger partial charge in [-0.1, -0.05) is 0 Å². The van der Waals surface area contributed by atoms with Crippen LogP contribution in [0.4, 0.5) is 4.79 Å². The normalized spacial score (nSPS) is 11.8. The maximum Gasteiger partial charge on any atom is 0.419 e. The van der Waals surface area contributed by atoms with Crippen LogP contribution in [0, 0.1) is 0 Å². The second-order valence-corrected chi connectivity index (χ2v) is 6.25. The highest BCUT2D eigenvalue weighted by atomic mass is 16.6. The van der Waals surface area contributed by atoms with Crippen LogP contribution in [-0.2, 0) is 4.74 Å². The molecule has 3 rings (SSSR count). The number of rotatable bonds is 1. The summed E-state index contributed by atoms with van der Waals surface area (Å²) in [5.41, 5.74) is 0.583. The zero-order valence-electron chi connectivity index (χ0n) is 13.5. The molecular weight excluding hydrogens is 296 g/mol. The van der Waals surface area contributed by atoms with Gasteiger partial charge in [0.15, 0.2) is 11.5 Å². The van der Waals surface area contributed by atoms with Crippen molar-refractivity contribution in [2.75, 3.05) is 7.11 Å². The first-order valence-electron chi connectivity index (χ1n) is 7.20. The molecule has 3 aromatic rings. The average molecular weight is 314 g/mol. The van der Waals surface area contributed by atoms with Crippen molar-refractivity contribution in [3.8, 4) is 11.5 Å². The highest BCUT2D eigenvalue weighted by Crippen LogP contribution is 2.37. The second kappa shape index (κ2) is 5.15. The number of phenols is 1. The van der Waals surface area contributed by atoms with Crippen LogP contribution in [0.2, 0.25) is 0 Å². The number of ether oxygens (including phenoxy) is 2. The lowest BCUT2D eigenvalue weighted by atomic mass is 10.2. The van der Waals surface area contributed by atoms with Crippen molar-refractivity contribution in [3.05, 3.63) is 30.6 Å². The Balaban J connectivity index is 2.34. The smallest absolute Gasteiger partial charge is 0.419 e. The van der Waals surface area contributed by atoms with E-state index in [1.54, 1.807) is 45.3 Å². The molecule has 1 aromatic carbocycles. The first-order chi connectivity index (χ1) is 10.8. The fourth-order valence-electron chi connectivity index (χ4n) is 2.55. The van der Waals surface area contributed by atoms with Crippen LogP contribution in [0.15, 0.2) is 30.6 Å². The Morgan fingerprint density at radius 1 is 1.22 bits per heavy atom. The molecule has 1 N–H and O–H groups in total. The van der Waals surface area contributed by atoms with Gasteiger partial charge in [0.05, 0.1) is 18.1 Å². The van der Waals surface area contributed by atoms with E-state index in [1.807, 2.05) is 0 Å². The number of benzene rings is 1. The van der Waals surface area contributed by atoms with E-state index in [2.05, 4.69) is 4.98 Å². The van der Waals surface area contributed by atoms with E-state index in [-0.39, 0.29) is 5.75 Å². The minimum Gasteiger partial charge on any atom is -0.504 e. The predicted octanol–water partition coefficient (Wildman–Crippen LogP) is 3.69. The van der Waals surface area contributed by atoms with Crippen molar-refractivity contribution in [1.82, 2.24) is 9.55 Å². The van der Waals surface area contributed by atoms with Crippen molar-refractivity contribution >= 4 is 27.9 Å². The summed E-state index contributed by atoms with van der Waals surface area (Å²) >= 11 is 0. The molecule has 6 heteroatoms. The monoisotopic (exact) mass is 314 g/mol. The molecule has 0 saturated heterocycles. The van der Waals surface area contributed by atoms with E-state index in [9.17, 15) is 9.90 Å². The van der Waals surface area contributed by atoms with Gasteiger partial charge in [-0.15, -0.1) is 0 Å². The minimum absolute atomic E-state index is 0.0411. The lowest BCUT2D eigenvalue weighted by molar-refractivity contribution is 0.0551. The number of aromatic nitrogens is 2. The fraction of sp³-hybridized carbons (Fsp3) is 0.294. The molecule has 0 fully saturated rings. The third kappa shape index (κ3) is 2.56. The van der Waals surface area contributed by atoms with Crippen LogP contribution in [0.3, 0.4) is 0 Å². The molecule has 0 atom stereocenters. The summed E-state index contributed by atoms with van der Waals surface area (Å²) < 4.78 is 12.1. The van der Waals surface area contributed by atoms with Gasteiger partial charge >= 0.3 is 6.09 Å². The highest BCUT2D eigenvalue weighted by Gasteiger charge is 2.23. The molecule has 6 nitrogen and oxygen atoms in total. The molecule has 0 saturated carbocycles. The topological polar surface area (TPSA) is 73.6 Å². The number of methoxy groups -OCH3 is 1. The van der Waals surface area contributed by atoms with E-state index in [4.69, 9.17) is 9.47 Å². The Hall–Kier alpha value is -2.76. The number of hydrogen-bond donors (Lipinski definition) is 1. The van der Waals surface area contributed by atoms with Gasteiger partial charge < -0.3 is 14.6 Å². The molecule has 23 heavy (non-hydrogen) atoms. The largest absolute Gasteiger partial charge is 0.504 e. The third-order valence-electron chi connectivity index (χ3n) is 3.44. The molecule has 0 spiro atoms. The lowest BCUT2D eigenvalue weighted by Crippen LogP contribution is -2.27. The van der Waals surface area contributed by atoms with Crippen molar-refractivity contribution in [2.45, 2.75) is 26.4 Å². The predicted molar refractivity (Wildman–Crippen MR) is 87.1 cm³/mol. The summed E-state index contributed by atoms with van der Waals surface area (Å²) in [5, 5.41) is 11.6. The number of fused-ring (bicyclic) bond motifs is 3. The van der Waals surface area contributed by atoms with Crippen molar-refractivity contribution in [2.24, 2.45) is 0 Å². The molecule has 0 unspecified atom stereocenters. The van der Waals surface area contributed by atoms with Crippen LogP contribution < -0.4 is 4.74 Å². The van der Waals surface area contributed by atoms with E-state index >= 15 is 0 Å². The van der Waals surface area contributed by atoms with Gasteiger partial charge in [0, 0.05) is 29.2 Å². The maximum atomic E-state index is 12.6. The van der Waals surface area contributed by atoms with Crippen molar-refractivity contribution in [3.63, 3.8) is 0 Å². The molecule has 0 aliphatic heterocycles. The third-order valence-corrected chi connectivity index (χ3v) is 3.44. The zero-order chi connectivity index (χ0) is 16.8. The molecule has 0 radical (unpaired) electrons. The summed E-state index contributed by atoms with van der Waals surface area (Å²) in [6.45, 7) is 5.42. The van der Waals surface area contributed by atoms with E-state index in [0.29, 0.717) is 16.8 Å². The Bertz CT molecular complexity index is 906. The van der Waals surface area contributed by atoms with E-state index < -0.39 is 11.7 Å². The fourth-order valence-corrected chi connectivity index (χ4v) is 2.55. The molecule has 0 amide bonds. The van der Waals surface area contributed by atoms with Gasteiger partial charge in [-0.25, -0.2) is 9.36 Å². The molecule has 120 valence electrons. The molecule has 0 aliphatic carbocycles. The molecule has 2 aromatic heterocycles. The minimum atomic E-state index is -0.623. The standard InChI is InChI=1S/C17H18N2O4/c1-17(2,3)23-16(21)19-12-5-6-18-9-11(12)10-7-15(22-4)14(20)8-13(10)19/h5-9,20H,1-4H3. The lowest BCUT2D eigenvalue weighted by Gasteiger charge is -2.20. The molecule has 2 heterocycles. The molecule has 0 aliphatic rings. The number of hydrogen-bond acceptors (Lipinski definition) is 5. The van der Waals surface area contributed by atoms with Crippen LogP contribution in [0.25, 0.3) is 21.8 Å². The quantitative estimate of drug-likeness (QED) is 0.741. The summed E-state index contributed by atoms with van der Waals surface area (Å²) in [6.07, 6.45) is 2.78. The van der Waals surface area contributed by atoms with E-state index in [1.165, 1.54) is 17.7 Å². The SMILES string of the molecule is COc1cc2c3cnccc3n(C(=O)OC(C)(C)C)c2cc1O. The van der Waals surface area contributed by atoms with Gasteiger partial charge in [-0.05, 0) is 32.9 Å². The van der Waals surface area contributed by atoms with Crippen molar-refractivity contribution < 1.29 is 19.4 Å². The number of carbonyl (C=O) groups excluding carboxylic acids is 1. The summed E-state index contributed by atoms with van der Waals surface area (Å²) in [4.78, 5) is 16.7. The number of nitrogens with zero attached hydrogens (tertiary/aromatic N) is 2. The average Bonchev–Trinajstić information content (AvgIpc) is 2.77. The summed E-state index contributed by atoms with van der Waals surface area (Å²) in [7, 11) is 1.48. The Morgan fingerprint density at radius 3 is 2.61 bits per heavy atom. The maximum absolute atomic E-state index is 12.6. The van der Waals surface area contributed by atoms with Gasteiger partial charge in [0.1, 0.15) is 5.60 Å². The number of carbonyl (C=O) groups is 1. The molecule has 0 bridgehead atoms. The second-order valence-electron chi connectivity index (χ2n) is 6.25. The van der Waals surface area contributed by atoms with Crippen LogP contribution >= 0.6 is 0 Å². The van der Waals surface area contributed by atoms with Crippen LogP contribution in [-0.4, -0.2) is 33.5 Å². The Morgan fingerprint density at radius 2 is 1.96 bits per heavy atom. The first-order valence-corrected chi connectivity index (χ1v) is 7.20. The van der Waals surface area contributed by atoms with Crippen LogP contribution in [0.1, 0.15) is 20.8 Å². The van der Waals surface area contributed by atoms with Crippen LogP contribution in [0.5, 0.6) is 11.5 Å². The Labute approximate surface area is 133 Å². The molecular formula is C17H18N2O4. The van der Waals surface area contributed by atoms with Gasteiger partial charge in [0.25, 0.3) is 0 Å². The highest BCUT2D eigenvalue weighted by molar-refractivity contribution is 6.13.